The van der Waals surface area contributed by atoms with Gasteiger partial charge in [0.1, 0.15) is 5.78 Å². The van der Waals surface area contributed by atoms with E-state index in [9.17, 15) is 4.79 Å². The van der Waals surface area contributed by atoms with Crippen molar-refractivity contribution in [3.63, 3.8) is 0 Å². The van der Waals surface area contributed by atoms with Gasteiger partial charge in [0.05, 0.1) is 0 Å². The van der Waals surface area contributed by atoms with Crippen LogP contribution in [0.25, 0.3) is 0 Å². The first-order chi connectivity index (χ1) is 9.45. The predicted octanol–water partition coefficient (Wildman–Crippen LogP) is 5.67. The van der Waals surface area contributed by atoms with E-state index in [1.165, 1.54) is 0 Å². The van der Waals surface area contributed by atoms with Crippen LogP contribution in [0.4, 0.5) is 0 Å². The Labute approximate surface area is 137 Å². The Balaban J connectivity index is 2.31. The van der Waals surface area contributed by atoms with E-state index in [2.05, 4.69) is 15.9 Å². The van der Waals surface area contributed by atoms with Gasteiger partial charge in [0.25, 0.3) is 0 Å². The molecule has 0 aliphatic carbocycles. The van der Waals surface area contributed by atoms with Gasteiger partial charge in [-0.25, -0.2) is 0 Å². The molecule has 1 atom stereocenters. The fourth-order valence-electron chi connectivity index (χ4n) is 2.13. The predicted molar refractivity (Wildman–Crippen MR) is 87.7 cm³/mol. The normalized spacial score (nSPS) is 12.2. The van der Waals surface area contributed by atoms with Crippen LogP contribution in [0.3, 0.4) is 0 Å². The second-order valence-electron chi connectivity index (χ2n) is 4.70. The Bertz CT molecular complexity index is 603. The van der Waals surface area contributed by atoms with Crippen LogP contribution in [0, 0.1) is 0 Å². The van der Waals surface area contributed by atoms with E-state index in [1.54, 1.807) is 6.92 Å². The molecule has 1 nitrogen and oxygen atoms in total. The topological polar surface area (TPSA) is 17.1 Å². The largest absolute Gasteiger partial charge is 0.299 e. The highest BCUT2D eigenvalue weighted by Crippen LogP contribution is 2.28. The number of benzene rings is 2. The zero-order chi connectivity index (χ0) is 14.7. The minimum absolute atomic E-state index is 0.120. The maximum absolute atomic E-state index is 12.0. The highest BCUT2D eigenvalue weighted by Gasteiger charge is 2.18. The molecular formula is C16H13BrCl2O. The summed E-state index contributed by atoms with van der Waals surface area (Å²) >= 11 is 15.4. The molecule has 2 rings (SSSR count). The van der Waals surface area contributed by atoms with Crippen LogP contribution in [0.1, 0.15) is 24.0 Å². The Morgan fingerprint density at radius 1 is 1.10 bits per heavy atom. The van der Waals surface area contributed by atoms with E-state index in [1.807, 2.05) is 42.5 Å². The van der Waals surface area contributed by atoms with E-state index in [0.717, 1.165) is 15.6 Å². The van der Waals surface area contributed by atoms with Gasteiger partial charge in [-0.15, -0.1) is 0 Å². The second-order valence-corrected chi connectivity index (χ2v) is 6.49. The van der Waals surface area contributed by atoms with Crippen LogP contribution in [0.15, 0.2) is 46.9 Å². The summed E-state index contributed by atoms with van der Waals surface area (Å²) in [6.45, 7) is 1.61. The highest BCUT2D eigenvalue weighted by molar-refractivity contribution is 9.10. The Morgan fingerprint density at radius 2 is 1.75 bits per heavy atom. The van der Waals surface area contributed by atoms with Crippen molar-refractivity contribution in [1.82, 2.24) is 0 Å². The molecule has 0 amide bonds. The van der Waals surface area contributed by atoms with Gasteiger partial charge in [0, 0.05) is 20.4 Å². The lowest BCUT2D eigenvalue weighted by molar-refractivity contribution is -0.118. The van der Waals surface area contributed by atoms with Crippen LogP contribution in [0.5, 0.6) is 0 Å². The average molecular weight is 372 g/mol. The lowest BCUT2D eigenvalue weighted by atomic mass is 9.89. The molecule has 0 aliphatic heterocycles. The summed E-state index contributed by atoms with van der Waals surface area (Å²) < 4.78 is 0.877. The van der Waals surface area contributed by atoms with Crippen LogP contribution >= 0.6 is 39.1 Å². The molecule has 0 radical (unpaired) electrons. The zero-order valence-corrected chi connectivity index (χ0v) is 14.0. The summed E-state index contributed by atoms with van der Waals surface area (Å²) in [7, 11) is 0. The van der Waals surface area contributed by atoms with E-state index < -0.39 is 0 Å². The number of hydrogen-bond acceptors (Lipinski definition) is 1. The molecule has 0 saturated heterocycles. The first-order valence-corrected chi connectivity index (χ1v) is 7.71. The van der Waals surface area contributed by atoms with Gasteiger partial charge in [-0.2, -0.15) is 0 Å². The second kappa shape index (κ2) is 6.75. The van der Waals surface area contributed by atoms with Crippen LogP contribution < -0.4 is 0 Å². The molecule has 0 fully saturated rings. The first-order valence-electron chi connectivity index (χ1n) is 6.16. The molecule has 2 aromatic rings. The van der Waals surface area contributed by atoms with E-state index in [-0.39, 0.29) is 11.7 Å². The molecule has 0 N–H and O–H groups in total. The van der Waals surface area contributed by atoms with Crippen molar-refractivity contribution in [3.05, 3.63) is 68.1 Å². The minimum atomic E-state index is -0.203. The van der Waals surface area contributed by atoms with Crippen molar-refractivity contribution in [2.24, 2.45) is 0 Å². The van der Waals surface area contributed by atoms with Crippen molar-refractivity contribution in [2.45, 2.75) is 19.3 Å². The summed E-state index contributed by atoms with van der Waals surface area (Å²) in [5.41, 5.74) is 2.00. The van der Waals surface area contributed by atoms with E-state index >= 15 is 0 Å². The molecule has 1 unspecified atom stereocenters. The molecule has 0 bridgehead atoms. The fourth-order valence-corrected chi connectivity index (χ4v) is 3.14. The van der Waals surface area contributed by atoms with Gasteiger partial charge in [0.2, 0.25) is 0 Å². The molecule has 0 aliphatic rings. The molecular weight excluding hydrogens is 359 g/mol. The minimum Gasteiger partial charge on any atom is -0.299 e. The van der Waals surface area contributed by atoms with Gasteiger partial charge in [-0.1, -0.05) is 51.3 Å². The van der Waals surface area contributed by atoms with E-state index in [4.69, 9.17) is 23.2 Å². The molecule has 104 valence electrons. The van der Waals surface area contributed by atoms with Crippen molar-refractivity contribution in [1.29, 1.82) is 0 Å². The van der Waals surface area contributed by atoms with Crippen molar-refractivity contribution in [2.75, 3.05) is 0 Å². The lowest BCUT2D eigenvalue weighted by Crippen LogP contribution is -2.12. The van der Waals surface area contributed by atoms with E-state index in [0.29, 0.717) is 16.5 Å². The summed E-state index contributed by atoms with van der Waals surface area (Å²) in [5.74, 6) is -0.0831. The molecule has 0 spiro atoms. The maximum Gasteiger partial charge on any atom is 0.137 e. The lowest BCUT2D eigenvalue weighted by Gasteiger charge is -2.15. The quantitative estimate of drug-likeness (QED) is 0.676. The molecule has 2 aromatic carbocycles. The third kappa shape index (κ3) is 4.08. The third-order valence-corrected chi connectivity index (χ3v) is 4.06. The molecule has 0 saturated carbocycles. The summed E-state index contributed by atoms with van der Waals surface area (Å²) in [5, 5.41) is 1.32. The maximum atomic E-state index is 12.0. The molecule has 0 heterocycles. The number of rotatable bonds is 4. The van der Waals surface area contributed by atoms with Gasteiger partial charge < -0.3 is 0 Å². The van der Waals surface area contributed by atoms with Gasteiger partial charge in [0.15, 0.2) is 0 Å². The third-order valence-electron chi connectivity index (χ3n) is 3.13. The Hall–Kier alpha value is -0.830. The summed E-state index contributed by atoms with van der Waals surface area (Å²) in [6.07, 6.45) is 0.638. The summed E-state index contributed by atoms with van der Waals surface area (Å²) in [6, 6.07) is 13.1. The monoisotopic (exact) mass is 370 g/mol. The fraction of sp³-hybridized carbons (Fsp3) is 0.188. The highest BCUT2D eigenvalue weighted by atomic mass is 79.9. The smallest absolute Gasteiger partial charge is 0.137 e. The Kier molecular flexibility index (Phi) is 5.25. The van der Waals surface area contributed by atoms with Gasteiger partial charge in [-0.3, -0.25) is 4.79 Å². The van der Waals surface area contributed by atoms with Crippen LogP contribution in [0.2, 0.25) is 10.0 Å². The first kappa shape index (κ1) is 15.6. The number of halogens is 3. The standard InChI is InChI=1S/C16H13BrCl2O/c1-10(20)16(6-11-2-4-14(18)5-3-11)12-7-13(17)9-15(19)8-12/h2-5,7-9,16H,6H2,1H3. The zero-order valence-electron chi connectivity index (χ0n) is 10.9. The van der Waals surface area contributed by atoms with Crippen LogP contribution in [-0.4, -0.2) is 5.78 Å². The van der Waals surface area contributed by atoms with Crippen molar-refractivity contribution in [3.8, 4) is 0 Å². The number of ketones is 1. The number of Topliss-reactive ketones (excluding diaryl/α,β-unsaturated/α-hetero) is 1. The molecule has 4 heteroatoms. The summed E-state index contributed by atoms with van der Waals surface area (Å²) in [4.78, 5) is 12.0. The van der Waals surface area contributed by atoms with Crippen molar-refractivity contribution < 1.29 is 4.79 Å². The Morgan fingerprint density at radius 3 is 2.30 bits per heavy atom. The van der Waals surface area contributed by atoms with Gasteiger partial charge >= 0.3 is 0 Å². The number of carbonyl (C=O) groups excluding carboxylic acids is 1. The number of hydrogen-bond donors (Lipinski definition) is 0. The SMILES string of the molecule is CC(=O)C(Cc1ccc(Cl)cc1)c1cc(Cl)cc(Br)c1. The van der Waals surface area contributed by atoms with Gasteiger partial charge in [-0.05, 0) is 54.8 Å². The van der Waals surface area contributed by atoms with Crippen LogP contribution in [-0.2, 0) is 11.2 Å². The molecule has 0 aromatic heterocycles. The average Bonchev–Trinajstić information content (AvgIpc) is 2.36. The van der Waals surface area contributed by atoms with Crippen molar-refractivity contribution >= 4 is 44.9 Å². The number of carbonyl (C=O) groups is 1. The molecule has 20 heavy (non-hydrogen) atoms.